The molecule has 0 aliphatic heterocycles. The second-order valence-electron chi connectivity index (χ2n) is 4.94. The highest BCUT2D eigenvalue weighted by Crippen LogP contribution is 2.16. The molecule has 0 unspecified atom stereocenters. The van der Waals surface area contributed by atoms with Gasteiger partial charge in [0.25, 0.3) is 0 Å². The molecule has 1 N–H and O–H groups in total. The van der Waals surface area contributed by atoms with Crippen molar-refractivity contribution in [3.8, 4) is 0 Å². The lowest BCUT2D eigenvalue weighted by Gasteiger charge is -2.12. The molecule has 0 bridgehead atoms. The van der Waals surface area contributed by atoms with Gasteiger partial charge >= 0.3 is 0 Å². The number of benzene rings is 2. The molecule has 2 aromatic carbocycles. The van der Waals surface area contributed by atoms with Crippen molar-refractivity contribution in [2.75, 3.05) is 24.7 Å². The summed E-state index contributed by atoms with van der Waals surface area (Å²) in [5, 5.41) is 2.94. The molecule has 0 fully saturated rings. The molecule has 0 radical (unpaired) electrons. The van der Waals surface area contributed by atoms with Crippen LogP contribution in [0.25, 0.3) is 0 Å². The Morgan fingerprint density at radius 3 is 2.33 bits per heavy atom. The van der Waals surface area contributed by atoms with Crippen LogP contribution in [-0.2, 0) is 11.3 Å². The number of anilines is 1. The van der Waals surface area contributed by atoms with Gasteiger partial charge in [0.05, 0.1) is 5.75 Å². The van der Waals surface area contributed by atoms with Gasteiger partial charge in [-0.05, 0) is 29.8 Å². The number of rotatable bonds is 6. The van der Waals surface area contributed by atoms with Crippen LogP contribution in [0.2, 0.25) is 0 Å². The van der Waals surface area contributed by atoms with Crippen LogP contribution < -0.4 is 10.2 Å². The molecule has 0 aliphatic carbocycles. The molecule has 0 spiro atoms. The van der Waals surface area contributed by atoms with Crippen LogP contribution in [0.5, 0.6) is 0 Å². The fourth-order valence-electron chi connectivity index (χ4n) is 1.83. The van der Waals surface area contributed by atoms with E-state index in [9.17, 15) is 4.79 Å². The van der Waals surface area contributed by atoms with Gasteiger partial charge < -0.3 is 10.2 Å². The summed E-state index contributed by atoms with van der Waals surface area (Å²) in [4.78, 5) is 15.0. The maximum absolute atomic E-state index is 11.8. The van der Waals surface area contributed by atoms with Crippen LogP contribution in [0.15, 0.2) is 59.5 Å². The highest BCUT2D eigenvalue weighted by Gasteiger charge is 2.03. The predicted molar refractivity (Wildman–Crippen MR) is 89.8 cm³/mol. The van der Waals surface area contributed by atoms with Crippen LogP contribution in [0, 0.1) is 0 Å². The number of thioether (sulfide) groups is 1. The van der Waals surface area contributed by atoms with Crippen LogP contribution in [0.3, 0.4) is 0 Å². The number of amides is 1. The maximum Gasteiger partial charge on any atom is 0.230 e. The van der Waals surface area contributed by atoms with Crippen LogP contribution >= 0.6 is 11.8 Å². The lowest BCUT2D eigenvalue weighted by atomic mass is 10.2. The Bertz CT molecular complexity index is 567. The normalized spacial score (nSPS) is 10.2. The fraction of sp³-hybridized carbons (Fsp3) is 0.235. The van der Waals surface area contributed by atoms with Crippen molar-refractivity contribution < 1.29 is 4.79 Å². The third kappa shape index (κ3) is 5.16. The number of nitrogens with one attached hydrogen (secondary N) is 1. The molecule has 1 amide bonds. The molecule has 4 heteroatoms. The van der Waals surface area contributed by atoms with Crippen molar-refractivity contribution >= 4 is 23.4 Å². The molecular formula is C17H20N2OS. The standard InChI is InChI=1S/C17H20N2OS/c1-19(2)15-10-8-14(9-11-15)12-18-17(20)13-21-16-6-4-3-5-7-16/h3-11H,12-13H2,1-2H3,(H,18,20). The summed E-state index contributed by atoms with van der Waals surface area (Å²) in [5.74, 6) is 0.500. The molecule has 0 saturated carbocycles. The van der Waals surface area contributed by atoms with Crippen molar-refractivity contribution in [1.29, 1.82) is 0 Å². The summed E-state index contributed by atoms with van der Waals surface area (Å²) < 4.78 is 0. The van der Waals surface area contributed by atoms with E-state index in [0.717, 1.165) is 16.1 Å². The van der Waals surface area contributed by atoms with Gasteiger partial charge in [0.1, 0.15) is 0 Å². The smallest absolute Gasteiger partial charge is 0.230 e. The second kappa shape index (κ2) is 7.74. The van der Waals surface area contributed by atoms with Gasteiger partial charge in [-0.15, -0.1) is 11.8 Å². The Kier molecular flexibility index (Phi) is 5.69. The molecule has 2 rings (SSSR count). The van der Waals surface area contributed by atoms with Crippen molar-refractivity contribution in [2.24, 2.45) is 0 Å². The second-order valence-corrected chi connectivity index (χ2v) is 5.99. The lowest BCUT2D eigenvalue weighted by Crippen LogP contribution is -2.24. The van der Waals surface area contributed by atoms with E-state index in [1.165, 1.54) is 0 Å². The molecule has 0 aromatic heterocycles. The van der Waals surface area contributed by atoms with Gasteiger partial charge in [-0.3, -0.25) is 4.79 Å². The Labute approximate surface area is 130 Å². The Morgan fingerprint density at radius 2 is 1.71 bits per heavy atom. The molecule has 2 aromatic rings. The van der Waals surface area contributed by atoms with E-state index in [1.807, 2.05) is 56.6 Å². The third-order valence-corrected chi connectivity index (χ3v) is 4.07. The largest absolute Gasteiger partial charge is 0.378 e. The van der Waals surface area contributed by atoms with E-state index in [2.05, 4.69) is 22.3 Å². The number of carbonyl (C=O) groups is 1. The minimum Gasteiger partial charge on any atom is -0.378 e. The zero-order chi connectivity index (χ0) is 15.1. The summed E-state index contributed by atoms with van der Waals surface area (Å²) in [6, 6.07) is 18.1. The molecule has 21 heavy (non-hydrogen) atoms. The molecule has 0 saturated heterocycles. The number of carbonyl (C=O) groups excluding carboxylic acids is 1. The zero-order valence-corrected chi connectivity index (χ0v) is 13.2. The van der Waals surface area contributed by atoms with Crippen LogP contribution in [0.1, 0.15) is 5.56 Å². The topological polar surface area (TPSA) is 32.3 Å². The predicted octanol–water partition coefficient (Wildman–Crippen LogP) is 3.16. The first-order valence-corrected chi connectivity index (χ1v) is 7.84. The monoisotopic (exact) mass is 300 g/mol. The summed E-state index contributed by atoms with van der Waals surface area (Å²) in [6.07, 6.45) is 0. The van der Waals surface area contributed by atoms with Gasteiger partial charge in [0, 0.05) is 31.2 Å². The van der Waals surface area contributed by atoms with Gasteiger partial charge in [-0.1, -0.05) is 30.3 Å². The third-order valence-electron chi connectivity index (χ3n) is 3.06. The highest BCUT2D eigenvalue weighted by atomic mass is 32.2. The first-order chi connectivity index (χ1) is 10.1. The minimum atomic E-state index is 0.0561. The molecule has 0 atom stereocenters. The average Bonchev–Trinajstić information content (AvgIpc) is 2.52. The zero-order valence-electron chi connectivity index (χ0n) is 12.4. The summed E-state index contributed by atoms with van der Waals surface area (Å²) >= 11 is 1.55. The van der Waals surface area contributed by atoms with E-state index in [4.69, 9.17) is 0 Å². The SMILES string of the molecule is CN(C)c1ccc(CNC(=O)CSc2ccccc2)cc1. The Hall–Kier alpha value is -1.94. The molecule has 3 nitrogen and oxygen atoms in total. The molecule has 0 heterocycles. The first-order valence-electron chi connectivity index (χ1n) is 6.86. The number of nitrogens with zero attached hydrogens (tertiary/aromatic N) is 1. The van der Waals surface area contributed by atoms with Crippen LogP contribution in [0.4, 0.5) is 5.69 Å². The van der Waals surface area contributed by atoms with Crippen molar-refractivity contribution in [3.05, 3.63) is 60.2 Å². The van der Waals surface area contributed by atoms with Crippen molar-refractivity contribution in [2.45, 2.75) is 11.4 Å². The van der Waals surface area contributed by atoms with E-state index >= 15 is 0 Å². The van der Waals surface area contributed by atoms with E-state index in [-0.39, 0.29) is 5.91 Å². The molecule has 0 aliphatic rings. The highest BCUT2D eigenvalue weighted by molar-refractivity contribution is 8.00. The Balaban J connectivity index is 1.76. The number of hydrogen-bond acceptors (Lipinski definition) is 3. The maximum atomic E-state index is 11.8. The van der Waals surface area contributed by atoms with E-state index < -0.39 is 0 Å². The quantitative estimate of drug-likeness (QED) is 0.832. The first kappa shape index (κ1) is 15.4. The Morgan fingerprint density at radius 1 is 1.05 bits per heavy atom. The van der Waals surface area contributed by atoms with E-state index in [1.54, 1.807) is 11.8 Å². The summed E-state index contributed by atoms with van der Waals surface area (Å²) in [7, 11) is 4.02. The lowest BCUT2D eigenvalue weighted by molar-refractivity contribution is -0.118. The van der Waals surface area contributed by atoms with Gasteiger partial charge in [-0.25, -0.2) is 0 Å². The summed E-state index contributed by atoms with van der Waals surface area (Å²) in [6.45, 7) is 0.571. The van der Waals surface area contributed by atoms with Crippen LogP contribution in [-0.4, -0.2) is 25.8 Å². The van der Waals surface area contributed by atoms with Crippen molar-refractivity contribution in [3.63, 3.8) is 0 Å². The number of hydrogen-bond donors (Lipinski definition) is 1. The van der Waals surface area contributed by atoms with Gasteiger partial charge in [0.15, 0.2) is 0 Å². The molecular weight excluding hydrogens is 280 g/mol. The van der Waals surface area contributed by atoms with Gasteiger partial charge in [-0.2, -0.15) is 0 Å². The fourth-order valence-corrected chi connectivity index (χ4v) is 2.58. The van der Waals surface area contributed by atoms with E-state index in [0.29, 0.717) is 12.3 Å². The average molecular weight is 300 g/mol. The van der Waals surface area contributed by atoms with Gasteiger partial charge in [0.2, 0.25) is 5.91 Å². The minimum absolute atomic E-state index is 0.0561. The molecule has 110 valence electrons. The summed E-state index contributed by atoms with van der Waals surface area (Å²) in [5.41, 5.74) is 2.27. The van der Waals surface area contributed by atoms with Crippen molar-refractivity contribution in [1.82, 2.24) is 5.32 Å².